The highest BCUT2D eigenvalue weighted by atomic mass is 79.9. The van der Waals surface area contributed by atoms with E-state index in [0.717, 1.165) is 16.6 Å². The van der Waals surface area contributed by atoms with Crippen LogP contribution in [0.1, 0.15) is 29.3 Å². The molecular formula is C16H17BrN2O2. The quantitative estimate of drug-likeness (QED) is 0.638. The number of carbonyl (C=O) groups excluding carboxylic acids is 1. The van der Waals surface area contributed by atoms with Crippen LogP contribution in [-0.2, 0) is 0 Å². The van der Waals surface area contributed by atoms with E-state index in [1.807, 2.05) is 6.92 Å². The molecular weight excluding hydrogens is 332 g/mol. The summed E-state index contributed by atoms with van der Waals surface area (Å²) in [5.74, 6) is 0.595. The van der Waals surface area contributed by atoms with Crippen LogP contribution in [0.4, 0.5) is 11.4 Å². The standard InChI is InChI=1S/C16H17BrN2O2/c1-2-5-21-15-4-3-10(8-14(15)17)16(20)11-6-12(18)9-13(19)7-11/h3-4,6-9H,2,5,18-19H2,1H3. The number of ether oxygens (including phenoxy) is 1. The Labute approximate surface area is 132 Å². The van der Waals surface area contributed by atoms with E-state index >= 15 is 0 Å². The van der Waals surface area contributed by atoms with Crippen molar-refractivity contribution in [2.75, 3.05) is 18.1 Å². The monoisotopic (exact) mass is 348 g/mol. The zero-order valence-electron chi connectivity index (χ0n) is 11.7. The fraction of sp³-hybridized carbons (Fsp3) is 0.188. The van der Waals surface area contributed by atoms with Crippen LogP contribution >= 0.6 is 15.9 Å². The molecule has 2 aromatic carbocycles. The van der Waals surface area contributed by atoms with Crippen LogP contribution in [0, 0.1) is 0 Å². The summed E-state index contributed by atoms with van der Waals surface area (Å²) < 4.78 is 6.32. The Morgan fingerprint density at radius 1 is 1.10 bits per heavy atom. The fourth-order valence-electron chi connectivity index (χ4n) is 1.95. The van der Waals surface area contributed by atoms with Gasteiger partial charge in [-0.25, -0.2) is 0 Å². The Hall–Kier alpha value is -2.01. The van der Waals surface area contributed by atoms with E-state index in [1.165, 1.54) is 0 Å². The van der Waals surface area contributed by atoms with Gasteiger partial charge in [0.2, 0.25) is 0 Å². The molecule has 0 spiro atoms. The molecule has 2 aromatic rings. The summed E-state index contributed by atoms with van der Waals surface area (Å²) in [6, 6.07) is 10.1. The second-order valence-electron chi connectivity index (χ2n) is 4.71. The van der Waals surface area contributed by atoms with Crippen LogP contribution < -0.4 is 16.2 Å². The molecule has 21 heavy (non-hydrogen) atoms. The SMILES string of the molecule is CCCOc1ccc(C(=O)c2cc(N)cc(N)c2)cc1Br. The molecule has 0 fully saturated rings. The van der Waals surface area contributed by atoms with Gasteiger partial charge in [-0.15, -0.1) is 0 Å². The van der Waals surface area contributed by atoms with Crippen LogP contribution in [0.25, 0.3) is 0 Å². The van der Waals surface area contributed by atoms with Gasteiger partial charge in [0, 0.05) is 22.5 Å². The molecule has 0 aliphatic carbocycles. The molecule has 2 rings (SSSR count). The van der Waals surface area contributed by atoms with Crippen LogP contribution in [0.15, 0.2) is 40.9 Å². The zero-order valence-corrected chi connectivity index (χ0v) is 13.3. The number of carbonyl (C=O) groups is 1. The van der Waals surface area contributed by atoms with Crippen molar-refractivity contribution in [3.63, 3.8) is 0 Å². The molecule has 4 nitrogen and oxygen atoms in total. The zero-order chi connectivity index (χ0) is 15.4. The van der Waals surface area contributed by atoms with Crippen LogP contribution in [0.3, 0.4) is 0 Å². The molecule has 110 valence electrons. The topological polar surface area (TPSA) is 78.3 Å². The lowest BCUT2D eigenvalue weighted by Crippen LogP contribution is -2.04. The summed E-state index contributed by atoms with van der Waals surface area (Å²) in [6.07, 6.45) is 0.926. The lowest BCUT2D eigenvalue weighted by atomic mass is 10.0. The molecule has 0 aliphatic heterocycles. The Morgan fingerprint density at radius 2 is 1.76 bits per heavy atom. The van der Waals surface area contributed by atoms with Crippen molar-refractivity contribution in [2.45, 2.75) is 13.3 Å². The number of benzene rings is 2. The van der Waals surface area contributed by atoms with E-state index in [1.54, 1.807) is 36.4 Å². The molecule has 5 heteroatoms. The summed E-state index contributed by atoms with van der Waals surface area (Å²) in [6.45, 7) is 2.67. The molecule has 0 bridgehead atoms. The number of hydrogen-bond acceptors (Lipinski definition) is 4. The summed E-state index contributed by atoms with van der Waals surface area (Å²) in [7, 11) is 0. The van der Waals surface area contributed by atoms with E-state index in [9.17, 15) is 4.79 Å². The van der Waals surface area contributed by atoms with E-state index in [2.05, 4.69) is 15.9 Å². The van der Waals surface area contributed by atoms with Crippen molar-refractivity contribution in [3.8, 4) is 5.75 Å². The van der Waals surface area contributed by atoms with Crippen molar-refractivity contribution in [3.05, 3.63) is 52.0 Å². The minimum absolute atomic E-state index is 0.128. The molecule has 0 saturated heterocycles. The largest absolute Gasteiger partial charge is 0.492 e. The highest BCUT2D eigenvalue weighted by Gasteiger charge is 2.12. The van der Waals surface area contributed by atoms with Gasteiger partial charge in [-0.3, -0.25) is 4.79 Å². The maximum absolute atomic E-state index is 12.5. The third kappa shape index (κ3) is 3.76. The number of hydrogen-bond donors (Lipinski definition) is 2. The van der Waals surface area contributed by atoms with Crippen molar-refractivity contribution < 1.29 is 9.53 Å². The first kappa shape index (κ1) is 15.4. The maximum atomic E-state index is 12.5. The van der Waals surface area contributed by atoms with Gasteiger partial charge in [0.05, 0.1) is 11.1 Å². The molecule has 0 radical (unpaired) electrons. The average molecular weight is 349 g/mol. The van der Waals surface area contributed by atoms with Crippen molar-refractivity contribution >= 4 is 33.1 Å². The van der Waals surface area contributed by atoms with Crippen LogP contribution in [-0.4, -0.2) is 12.4 Å². The highest BCUT2D eigenvalue weighted by Crippen LogP contribution is 2.27. The first-order chi connectivity index (χ1) is 10.0. The normalized spacial score (nSPS) is 10.4. The minimum Gasteiger partial charge on any atom is -0.492 e. The third-order valence-corrected chi connectivity index (χ3v) is 3.52. The van der Waals surface area contributed by atoms with E-state index < -0.39 is 0 Å². The number of rotatable bonds is 5. The second-order valence-corrected chi connectivity index (χ2v) is 5.57. The molecule has 0 amide bonds. The Balaban J connectivity index is 2.29. The lowest BCUT2D eigenvalue weighted by molar-refractivity contribution is 0.103. The van der Waals surface area contributed by atoms with Gasteiger partial charge in [0.25, 0.3) is 0 Å². The van der Waals surface area contributed by atoms with Crippen LogP contribution in [0.2, 0.25) is 0 Å². The van der Waals surface area contributed by atoms with Gasteiger partial charge in [0.15, 0.2) is 5.78 Å². The molecule has 0 aliphatic rings. The highest BCUT2D eigenvalue weighted by molar-refractivity contribution is 9.10. The molecule has 0 saturated carbocycles. The number of nitrogen functional groups attached to an aromatic ring is 2. The lowest BCUT2D eigenvalue weighted by Gasteiger charge is -2.09. The van der Waals surface area contributed by atoms with Crippen LogP contribution in [0.5, 0.6) is 5.75 Å². The summed E-state index contributed by atoms with van der Waals surface area (Å²) in [4.78, 5) is 12.5. The number of ketones is 1. The first-order valence-electron chi connectivity index (χ1n) is 6.64. The molecule has 0 unspecified atom stereocenters. The number of halogens is 1. The molecule has 0 heterocycles. The van der Waals surface area contributed by atoms with Crippen molar-refractivity contribution in [1.82, 2.24) is 0 Å². The second kappa shape index (κ2) is 6.63. The minimum atomic E-state index is -0.128. The average Bonchev–Trinajstić information content (AvgIpc) is 2.44. The van der Waals surface area contributed by atoms with Gasteiger partial charge >= 0.3 is 0 Å². The molecule has 4 N–H and O–H groups in total. The van der Waals surface area contributed by atoms with Crippen molar-refractivity contribution in [1.29, 1.82) is 0 Å². The predicted octanol–water partition coefficient (Wildman–Crippen LogP) is 3.63. The van der Waals surface area contributed by atoms with Gasteiger partial charge in [-0.2, -0.15) is 0 Å². The summed E-state index contributed by atoms with van der Waals surface area (Å²) >= 11 is 3.42. The van der Waals surface area contributed by atoms with E-state index in [0.29, 0.717) is 29.1 Å². The third-order valence-electron chi connectivity index (χ3n) is 2.90. The van der Waals surface area contributed by atoms with Gasteiger partial charge in [-0.1, -0.05) is 6.92 Å². The Bertz CT molecular complexity index is 651. The molecule has 0 atom stereocenters. The van der Waals surface area contributed by atoms with Gasteiger partial charge in [-0.05, 0) is 58.7 Å². The fourth-order valence-corrected chi connectivity index (χ4v) is 2.44. The maximum Gasteiger partial charge on any atom is 0.193 e. The van der Waals surface area contributed by atoms with Gasteiger partial charge < -0.3 is 16.2 Å². The van der Waals surface area contributed by atoms with E-state index in [4.69, 9.17) is 16.2 Å². The first-order valence-corrected chi connectivity index (χ1v) is 7.43. The summed E-state index contributed by atoms with van der Waals surface area (Å²) in [5.41, 5.74) is 13.4. The van der Waals surface area contributed by atoms with Crippen molar-refractivity contribution in [2.24, 2.45) is 0 Å². The smallest absolute Gasteiger partial charge is 0.193 e. The number of nitrogens with two attached hydrogens (primary N) is 2. The Morgan fingerprint density at radius 3 is 2.33 bits per heavy atom. The van der Waals surface area contributed by atoms with Gasteiger partial charge in [0.1, 0.15) is 5.75 Å². The Kier molecular flexibility index (Phi) is 4.85. The molecule has 0 aromatic heterocycles. The predicted molar refractivity (Wildman–Crippen MR) is 88.6 cm³/mol. The van der Waals surface area contributed by atoms with E-state index in [-0.39, 0.29) is 5.78 Å². The number of anilines is 2. The summed E-state index contributed by atoms with van der Waals surface area (Å²) in [5, 5.41) is 0.